The molecule has 1 fully saturated rings. The molecule has 0 atom stereocenters. The zero-order chi connectivity index (χ0) is 22.6. The molecule has 0 unspecified atom stereocenters. The highest BCUT2D eigenvalue weighted by molar-refractivity contribution is 7.99. The number of rotatable bonds is 7. The molecule has 8 nitrogen and oxygen atoms in total. The average molecular weight is 481 g/mol. The Hall–Kier alpha value is -2.95. The molecule has 1 N–H and O–H groups in total. The lowest BCUT2D eigenvalue weighted by molar-refractivity contribution is -0.113. The van der Waals surface area contributed by atoms with Crippen LogP contribution in [0, 0.1) is 6.92 Å². The Kier molecular flexibility index (Phi) is 6.56. The lowest BCUT2D eigenvalue weighted by atomic mass is 10.2. The molecule has 3 heterocycles. The fourth-order valence-corrected chi connectivity index (χ4v) is 5.46. The number of nitrogens with zero attached hydrogens (tertiary/aromatic N) is 5. The maximum atomic E-state index is 12.6. The van der Waals surface area contributed by atoms with Crippen LogP contribution in [-0.4, -0.2) is 57.7 Å². The van der Waals surface area contributed by atoms with Crippen LogP contribution >= 0.6 is 23.1 Å². The van der Waals surface area contributed by atoms with Crippen molar-refractivity contribution in [3.05, 3.63) is 59.9 Å². The molecule has 10 heteroatoms. The Morgan fingerprint density at radius 3 is 2.79 bits per heavy atom. The first kappa shape index (κ1) is 21.9. The summed E-state index contributed by atoms with van der Waals surface area (Å²) in [5.41, 5.74) is 2.88. The molecule has 1 aliphatic heterocycles. The number of hydrogen-bond donors (Lipinski definition) is 1. The number of morpholine rings is 1. The second kappa shape index (κ2) is 9.90. The van der Waals surface area contributed by atoms with Crippen LogP contribution in [0.25, 0.3) is 10.2 Å². The van der Waals surface area contributed by atoms with Crippen molar-refractivity contribution in [1.29, 1.82) is 0 Å². The fraction of sp³-hybridized carbons (Fsp3) is 0.304. The van der Waals surface area contributed by atoms with Gasteiger partial charge in [0.25, 0.3) is 0 Å². The SMILES string of the molecule is Cc1nnc(SCC(=O)Nc2ccc3nc(N4CCOCC4)sc3c2)n1Cc1ccccc1. The number of nitrogens with one attached hydrogen (secondary N) is 1. The van der Waals surface area contributed by atoms with Crippen LogP contribution in [0.15, 0.2) is 53.7 Å². The number of fused-ring (bicyclic) bond motifs is 1. The summed E-state index contributed by atoms with van der Waals surface area (Å²) in [5.74, 6) is 1.00. The van der Waals surface area contributed by atoms with E-state index in [0.29, 0.717) is 6.54 Å². The monoisotopic (exact) mass is 480 g/mol. The van der Waals surface area contributed by atoms with Crippen LogP contribution < -0.4 is 10.2 Å². The summed E-state index contributed by atoms with van der Waals surface area (Å²) in [6.07, 6.45) is 0. The van der Waals surface area contributed by atoms with Gasteiger partial charge < -0.3 is 19.5 Å². The number of thiazole rings is 1. The van der Waals surface area contributed by atoms with Gasteiger partial charge in [-0.2, -0.15) is 0 Å². The topological polar surface area (TPSA) is 85.2 Å². The minimum atomic E-state index is -0.0795. The third-order valence-corrected chi connectivity index (χ3v) is 7.41. The van der Waals surface area contributed by atoms with E-state index in [1.807, 2.05) is 47.9 Å². The van der Waals surface area contributed by atoms with Gasteiger partial charge in [0.15, 0.2) is 10.3 Å². The second-order valence-corrected chi connectivity index (χ2v) is 9.67. The predicted molar refractivity (Wildman–Crippen MR) is 132 cm³/mol. The third-order valence-electron chi connectivity index (χ3n) is 5.36. The first-order valence-corrected chi connectivity index (χ1v) is 12.6. The van der Waals surface area contributed by atoms with E-state index in [1.54, 1.807) is 11.3 Å². The number of benzene rings is 2. The molecule has 1 saturated heterocycles. The minimum Gasteiger partial charge on any atom is -0.378 e. The molecule has 0 bridgehead atoms. The lowest BCUT2D eigenvalue weighted by Crippen LogP contribution is -2.36. The highest BCUT2D eigenvalue weighted by Gasteiger charge is 2.16. The molecule has 1 aliphatic rings. The quantitative estimate of drug-likeness (QED) is 0.403. The summed E-state index contributed by atoms with van der Waals surface area (Å²) >= 11 is 3.03. The van der Waals surface area contributed by atoms with Crippen LogP contribution in [0.1, 0.15) is 11.4 Å². The molecule has 33 heavy (non-hydrogen) atoms. The maximum absolute atomic E-state index is 12.6. The summed E-state index contributed by atoms with van der Waals surface area (Å²) in [4.78, 5) is 19.6. The van der Waals surface area contributed by atoms with Gasteiger partial charge in [0.1, 0.15) is 5.82 Å². The summed E-state index contributed by atoms with van der Waals surface area (Å²) < 4.78 is 8.51. The van der Waals surface area contributed by atoms with Gasteiger partial charge in [-0.15, -0.1) is 10.2 Å². The van der Waals surface area contributed by atoms with E-state index in [4.69, 9.17) is 9.72 Å². The molecule has 0 saturated carbocycles. The summed E-state index contributed by atoms with van der Waals surface area (Å²) in [6, 6.07) is 16.0. The van der Waals surface area contributed by atoms with E-state index in [-0.39, 0.29) is 11.7 Å². The fourth-order valence-electron chi connectivity index (χ4n) is 3.62. The number of aromatic nitrogens is 4. The summed E-state index contributed by atoms with van der Waals surface area (Å²) in [6.45, 7) is 5.78. The van der Waals surface area contributed by atoms with E-state index in [0.717, 1.165) is 58.3 Å². The van der Waals surface area contributed by atoms with Crippen molar-refractivity contribution >= 4 is 50.0 Å². The van der Waals surface area contributed by atoms with E-state index in [1.165, 1.54) is 17.3 Å². The number of carbonyl (C=O) groups is 1. The number of aryl methyl sites for hydroxylation is 1. The normalized spacial score (nSPS) is 14.0. The molecule has 4 aromatic rings. The number of ether oxygens (including phenoxy) is 1. The van der Waals surface area contributed by atoms with Gasteiger partial charge in [0.2, 0.25) is 5.91 Å². The molecule has 2 aromatic heterocycles. The van der Waals surface area contributed by atoms with Gasteiger partial charge >= 0.3 is 0 Å². The Labute approximate surface area is 200 Å². The highest BCUT2D eigenvalue weighted by atomic mass is 32.2. The van der Waals surface area contributed by atoms with Gasteiger partial charge in [-0.3, -0.25) is 4.79 Å². The van der Waals surface area contributed by atoms with E-state index in [9.17, 15) is 4.79 Å². The van der Waals surface area contributed by atoms with Crippen molar-refractivity contribution < 1.29 is 9.53 Å². The number of hydrogen-bond acceptors (Lipinski definition) is 8. The van der Waals surface area contributed by atoms with Gasteiger partial charge in [-0.25, -0.2) is 4.98 Å². The molecular formula is C23H24N6O2S2. The Bertz CT molecular complexity index is 1250. The molecular weight excluding hydrogens is 456 g/mol. The highest BCUT2D eigenvalue weighted by Crippen LogP contribution is 2.31. The third kappa shape index (κ3) is 5.18. The van der Waals surface area contributed by atoms with Crippen LogP contribution in [-0.2, 0) is 16.1 Å². The lowest BCUT2D eigenvalue weighted by Gasteiger charge is -2.25. The zero-order valence-electron chi connectivity index (χ0n) is 18.2. The predicted octanol–water partition coefficient (Wildman–Crippen LogP) is 3.81. The van der Waals surface area contributed by atoms with Gasteiger partial charge in [-0.05, 0) is 30.7 Å². The van der Waals surface area contributed by atoms with Gasteiger partial charge in [0, 0.05) is 18.8 Å². The van der Waals surface area contributed by atoms with Crippen LogP contribution in [0.2, 0.25) is 0 Å². The van der Waals surface area contributed by atoms with E-state index < -0.39 is 0 Å². The average Bonchev–Trinajstić information content (AvgIpc) is 3.42. The minimum absolute atomic E-state index is 0.0795. The van der Waals surface area contributed by atoms with Crippen molar-refractivity contribution in [2.24, 2.45) is 0 Å². The smallest absolute Gasteiger partial charge is 0.234 e. The van der Waals surface area contributed by atoms with E-state index >= 15 is 0 Å². The molecule has 5 rings (SSSR count). The molecule has 0 aliphatic carbocycles. The van der Waals surface area contributed by atoms with Crippen LogP contribution in [0.3, 0.4) is 0 Å². The number of amides is 1. The molecule has 0 radical (unpaired) electrons. The van der Waals surface area contributed by atoms with Crippen molar-refractivity contribution in [2.45, 2.75) is 18.6 Å². The summed E-state index contributed by atoms with van der Waals surface area (Å²) in [5, 5.41) is 13.2. The van der Waals surface area contributed by atoms with Gasteiger partial charge in [0.05, 0.1) is 35.7 Å². The van der Waals surface area contributed by atoms with Crippen molar-refractivity contribution in [2.75, 3.05) is 42.3 Å². The first-order chi connectivity index (χ1) is 16.2. The first-order valence-electron chi connectivity index (χ1n) is 10.8. The van der Waals surface area contributed by atoms with Crippen molar-refractivity contribution in [1.82, 2.24) is 19.7 Å². The summed E-state index contributed by atoms with van der Waals surface area (Å²) in [7, 11) is 0. The van der Waals surface area contributed by atoms with Gasteiger partial charge in [-0.1, -0.05) is 53.4 Å². The van der Waals surface area contributed by atoms with Crippen LogP contribution in [0.4, 0.5) is 10.8 Å². The number of thioether (sulfide) groups is 1. The molecule has 2 aromatic carbocycles. The molecule has 0 spiro atoms. The maximum Gasteiger partial charge on any atom is 0.234 e. The number of anilines is 2. The number of carbonyl (C=O) groups excluding carboxylic acids is 1. The van der Waals surface area contributed by atoms with E-state index in [2.05, 4.69) is 32.5 Å². The Morgan fingerprint density at radius 2 is 1.97 bits per heavy atom. The molecule has 1 amide bonds. The zero-order valence-corrected chi connectivity index (χ0v) is 19.9. The largest absolute Gasteiger partial charge is 0.378 e. The van der Waals surface area contributed by atoms with Crippen molar-refractivity contribution in [3.63, 3.8) is 0 Å². The Balaban J connectivity index is 1.22. The Morgan fingerprint density at radius 1 is 1.15 bits per heavy atom. The second-order valence-electron chi connectivity index (χ2n) is 7.72. The standard InChI is InChI=1S/C23H24N6O2S2/c1-16-26-27-23(29(16)14-17-5-3-2-4-6-17)32-15-21(30)24-18-7-8-19-20(13-18)33-22(25-19)28-9-11-31-12-10-28/h2-8,13H,9-12,14-15H2,1H3,(H,24,30). The molecule has 170 valence electrons. The van der Waals surface area contributed by atoms with Crippen LogP contribution in [0.5, 0.6) is 0 Å². The van der Waals surface area contributed by atoms with Crippen molar-refractivity contribution in [3.8, 4) is 0 Å².